The van der Waals surface area contributed by atoms with Crippen LogP contribution >= 0.6 is 0 Å². The van der Waals surface area contributed by atoms with Gasteiger partial charge in [0, 0.05) is 50.5 Å². The third kappa shape index (κ3) is 5.93. The van der Waals surface area contributed by atoms with E-state index in [1.165, 1.54) is 126 Å². The second-order valence-electron chi connectivity index (χ2n) is 26.8. The van der Waals surface area contributed by atoms with E-state index in [2.05, 4.69) is 244 Å². The van der Waals surface area contributed by atoms with Crippen LogP contribution in [0.2, 0.25) is 0 Å². The fraction of sp³-hybridized carbons (Fsp3) is 0.382. The fourth-order valence-corrected chi connectivity index (χ4v) is 15.4. The quantitative estimate of drug-likeness (QED) is 0.163. The Morgan fingerprint density at radius 2 is 1.07 bits per heavy atom. The molecule has 364 valence electrons. The standard InChI is InChI=1S/C68H74BN3/c1-62(2,3)45-28-31-55(49(38-45)43-22-15-14-16-23-43)70-57-33-30-47(64(7,8)9)40-54(57)69-53-27-21-26-51-61(53)72(68(13)50-25-18-17-24-44(50)34-37-66(51,68)11)59-42-48(41-58(70)60(59)69)71-56-32-29-46(63(4,5)6)39-52(56)65(10)35-19-20-36-67(65,71)12/h14-18,21-33,38-42H,19-20,34-37H2,1-13H3. The van der Waals surface area contributed by atoms with Crippen LogP contribution in [0, 0.1) is 0 Å². The lowest BCUT2D eigenvalue weighted by atomic mass is 9.33. The fourth-order valence-electron chi connectivity index (χ4n) is 15.4. The van der Waals surface area contributed by atoms with E-state index in [9.17, 15) is 0 Å². The highest BCUT2D eigenvalue weighted by molar-refractivity contribution is 7.00. The van der Waals surface area contributed by atoms with Gasteiger partial charge in [0.1, 0.15) is 0 Å². The highest BCUT2D eigenvalue weighted by Crippen LogP contribution is 2.66. The molecule has 7 aromatic carbocycles. The van der Waals surface area contributed by atoms with Gasteiger partial charge in [-0.2, -0.15) is 0 Å². The van der Waals surface area contributed by atoms with Crippen LogP contribution < -0.4 is 31.1 Å². The molecule has 0 radical (unpaired) electrons. The van der Waals surface area contributed by atoms with E-state index in [0.29, 0.717) is 0 Å². The summed E-state index contributed by atoms with van der Waals surface area (Å²) in [4.78, 5) is 8.50. The van der Waals surface area contributed by atoms with Crippen molar-refractivity contribution in [1.82, 2.24) is 0 Å². The molecule has 4 heterocycles. The zero-order chi connectivity index (χ0) is 50.3. The average molecular weight is 944 g/mol. The molecule has 1 fully saturated rings. The van der Waals surface area contributed by atoms with Crippen LogP contribution in [0.5, 0.6) is 0 Å². The summed E-state index contributed by atoms with van der Waals surface area (Å²) in [7, 11) is 0. The molecule has 4 atom stereocenters. The zero-order valence-electron chi connectivity index (χ0n) is 45.4. The molecule has 2 aliphatic carbocycles. The number of fused-ring (bicyclic) bond motifs is 12. The number of rotatable bonds is 3. The second-order valence-corrected chi connectivity index (χ2v) is 26.8. The van der Waals surface area contributed by atoms with E-state index in [4.69, 9.17) is 0 Å². The minimum Gasteiger partial charge on any atom is -0.334 e. The Labute approximate surface area is 431 Å². The highest BCUT2D eigenvalue weighted by atomic mass is 15.3. The number of aryl methyl sites for hydroxylation is 1. The van der Waals surface area contributed by atoms with Crippen LogP contribution in [0.15, 0.2) is 140 Å². The van der Waals surface area contributed by atoms with Gasteiger partial charge in [0.2, 0.25) is 0 Å². The average Bonchev–Trinajstić information content (AvgIpc) is 3.70. The van der Waals surface area contributed by atoms with Crippen molar-refractivity contribution in [3.63, 3.8) is 0 Å². The number of benzene rings is 7. The maximum Gasteiger partial charge on any atom is 0.252 e. The molecule has 0 bridgehead atoms. The maximum absolute atomic E-state index is 2.91. The van der Waals surface area contributed by atoms with E-state index in [-0.39, 0.29) is 44.9 Å². The van der Waals surface area contributed by atoms with E-state index in [1.54, 1.807) is 0 Å². The molecule has 4 heteroatoms. The predicted octanol–water partition coefficient (Wildman–Crippen LogP) is 15.9. The highest BCUT2D eigenvalue weighted by Gasteiger charge is 2.64. The smallest absolute Gasteiger partial charge is 0.252 e. The van der Waals surface area contributed by atoms with Gasteiger partial charge in [-0.25, -0.2) is 0 Å². The molecule has 0 amide bonds. The zero-order valence-corrected chi connectivity index (χ0v) is 45.4. The summed E-state index contributed by atoms with van der Waals surface area (Å²) in [6, 6.07) is 55.9. The molecule has 13 rings (SSSR count). The van der Waals surface area contributed by atoms with Gasteiger partial charge in [-0.1, -0.05) is 192 Å². The van der Waals surface area contributed by atoms with Crippen LogP contribution in [-0.4, -0.2) is 12.3 Å². The van der Waals surface area contributed by atoms with E-state index >= 15 is 0 Å². The molecule has 4 unspecified atom stereocenters. The molecular formula is C68H74BN3. The molecule has 0 spiro atoms. The van der Waals surface area contributed by atoms with Crippen molar-refractivity contribution in [3.8, 4) is 11.1 Å². The first-order chi connectivity index (χ1) is 34.1. The Hall–Kier alpha value is -6.00. The Bertz CT molecular complexity index is 3420. The summed E-state index contributed by atoms with van der Waals surface area (Å²) >= 11 is 0. The Balaban J connectivity index is 1.19. The Morgan fingerprint density at radius 1 is 0.458 bits per heavy atom. The molecular weight excluding hydrogens is 870 g/mol. The molecule has 0 N–H and O–H groups in total. The minimum absolute atomic E-state index is 0.0172. The van der Waals surface area contributed by atoms with E-state index in [1.807, 2.05) is 0 Å². The summed E-state index contributed by atoms with van der Waals surface area (Å²) < 4.78 is 0. The third-order valence-corrected chi connectivity index (χ3v) is 19.9. The molecule has 0 saturated heterocycles. The van der Waals surface area contributed by atoms with Crippen molar-refractivity contribution in [2.75, 3.05) is 14.7 Å². The van der Waals surface area contributed by atoms with E-state index in [0.717, 1.165) is 19.3 Å². The molecule has 1 saturated carbocycles. The Morgan fingerprint density at radius 3 is 1.79 bits per heavy atom. The normalized spacial score (nSPS) is 24.5. The summed E-state index contributed by atoms with van der Waals surface area (Å²) in [5.41, 5.74) is 25.5. The van der Waals surface area contributed by atoms with Crippen molar-refractivity contribution in [2.45, 2.75) is 167 Å². The van der Waals surface area contributed by atoms with Gasteiger partial charge < -0.3 is 14.7 Å². The molecule has 7 aromatic rings. The number of hydrogen-bond donors (Lipinski definition) is 0. The van der Waals surface area contributed by atoms with Gasteiger partial charge in [0.05, 0.1) is 16.8 Å². The molecule has 4 aliphatic heterocycles. The van der Waals surface area contributed by atoms with Gasteiger partial charge in [0.15, 0.2) is 0 Å². The van der Waals surface area contributed by atoms with Crippen molar-refractivity contribution in [1.29, 1.82) is 0 Å². The predicted molar refractivity (Wildman–Crippen MR) is 308 cm³/mol. The van der Waals surface area contributed by atoms with Gasteiger partial charge in [0.25, 0.3) is 6.71 Å². The third-order valence-electron chi connectivity index (χ3n) is 19.9. The van der Waals surface area contributed by atoms with Crippen LogP contribution in [-0.2, 0) is 39.0 Å². The lowest BCUT2D eigenvalue weighted by Gasteiger charge is -2.54. The van der Waals surface area contributed by atoms with Gasteiger partial charge >= 0.3 is 0 Å². The molecule has 72 heavy (non-hydrogen) atoms. The summed E-state index contributed by atoms with van der Waals surface area (Å²) in [5, 5.41) is 0. The van der Waals surface area contributed by atoms with Crippen LogP contribution in [0.25, 0.3) is 11.1 Å². The van der Waals surface area contributed by atoms with E-state index < -0.39 is 0 Å². The van der Waals surface area contributed by atoms with Crippen LogP contribution in [0.3, 0.4) is 0 Å². The topological polar surface area (TPSA) is 9.72 Å². The number of nitrogens with zero attached hydrogens (tertiary/aromatic N) is 3. The van der Waals surface area contributed by atoms with Gasteiger partial charge in [-0.3, -0.25) is 0 Å². The largest absolute Gasteiger partial charge is 0.334 e. The first kappa shape index (κ1) is 45.8. The first-order valence-electron chi connectivity index (χ1n) is 27.4. The lowest BCUT2D eigenvalue weighted by Crippen LogP contribution is -2.64. The summed E-state index contributed by atoms with van der Waals surface area (Å²) in [6.45, 7) is 31.8. The van der Waals surface area contributed by atoms with Crippen molar-refractivity contribution in [3.05, 3.63) is 178 Å². The number of anilines is 7. The Kier molecular flexibility index (Phi) is 9.44. The SMILES string of the molecule is CC(C)(C)c1ccc2c(c1)B1c3cccc4c3N(c3cc(N5c6ccc(C(C)(C)C)cc6C6(C)CCCCC56C)cc(c31)N2c1ccc(C(C)(C)C)cc1-c1ccccc1)C1(C)c2ccccc2CCC41C. The lowest BCUT2D eigenvalue weighted by molar-refractivity contribution is 0.195. The molecule has 3 nitrogen and oxygen atoms in total. The summed E-state index contributed by atoms with van der Waals surface area (Å²) in [6.07, 6.45) is 7.00. The second kappa shape index (κ2) is 14.8. The van der Waals surface area contributed by atoms with Crippen molar-refractivity contribution < 1.29 is 0 Å². The number of hydrogen-bond acceptors (Lipinski definition) is 3. The molecule has 6 aliphatic rings. The van der Waals surface area contributed by atoms with Gasteiger partial charge in [-0.15, -0.1) is 0 Å². The first-order valence-corrected chi connectivity index (χ1v) is 27.4. The van der Waals surface area contributed by atoms with Crippen molar-refractivity contribution >= 4 is 62.9 Å². The van der Waals surface area contributed by atoms with Crippen molar-refractivity contribution in [2.24, 2.45) is 0 Å². The van der Waals surface area contributed by atoms with Crippen LogP contribution in [0.1, 0.15) is 161 Å². The number of para-hydroxylation sites is 1. The minimum atomic E-state index is -0.340. The summed E-state index contributed by atoms with van der Waals surface area (Å²) in [5.74, 6) is 0. The maximum atomic E-state index is 2.91. The molecule has 0 aromatic heterocycles. The van der Waals surface area contributed by atoms with Crippen LogP contribution in [0.4, 0.5) is 39.8 Å². The van der Waals surface area contributed by atoms with Gasteiger partial charge in [-0.05, 0) is 153 Å². The monoisotopic (exact) mass is 944 g/mol.